The third kappa shape index (κ3) is 3.58. The van der Waals surface area contributed by atoms with Crippen molar-refractivity contribution in [2.24, 2.45) is 5.73 Å². The summed E-state index contributed by atoms with van der Waals surface area (Å²) in [6, 6.07) is 13.4. The lowest BCUT2D eigenvalue weighted by Crippen LogP contribution is -2.23. The number of hydrogen-bond donors (Lipinski definition) is 1. The van der Waals surface area contributed by atoms with Crippen molar-refractivity contribution in [1.82, 2.24) is 0 Å². The lowest BCUT2D eigenvalue weighted by atomic mass is 10.1. The van der Waals surface area contributed by atoms with Crippen LogP contribution in [0.3, 0.4) is 0 Å². The highest BCUT2D eigenvalue weighted by atomic mass is 32.1. The minimum atomic E-state index is -0.324. The molecule has 0 fully saturated rings. The summed E-state index contributed by atoms with van der Waals surface area (Å²) in [7, 11) is 0. The smallest absolute Gasteiger partial charge is 0.138 e. The monoisotopic (exact) mass is 302 g/mol. The average molecular weight is 302 g/mol. The van der Waals surface area contributed by atoms with Crippen LogP contribution in [0, 0.1) is 12.7 Å². The van der Waals surface area contributed by atoms with Crippen LogP contribution in [0.4, 0.5) is 10.1 Å². The van der Waals surface area contributed by atoms with Crippen molar-refractivity contribution in [3.8, 4) is 0 Å². The van der Waals surface area contributed by atoms with Gasteiger partial charge in [-0.05, 0) is 32.0 Å². The molecule has 0 amide bonds. The maximum Gasteiger partial charge on any atom is 0.138 e. The Bertz CT molecular complexity index is 638. The molecule has 21 heavy (non-hydrogen) atoms. The molecular formula is C17H19FN2S. The number of nitrogens with two attached hydrogens (primary N) is 1. The Labute approximate surface area is 130 Å². The molecule has 0 aliphatic rings. The standard InChI is InChI=1S/C17H19FN2S/c1-3-20(14-9-7-12(2)8-10-14)11-13-5-4-6-15(16(13)18)17(19)21/h4-10H,3,11H2,1-2H3,(H2,19,21). The minimum absolute atomic E-state index is 0.0905. The third-order valence-corrected chi connectivity index (χ3v) is 3.71. The van der Waals surface area contributed by atoms with Gasteiger partial charge >= 0.3 is 0 Å². The quantitative estimate of drug-likeness (QED) is 0.852. The Morgan fingerprint density at radius 2 is 1.86 bits per heavy atom. The molecule has 0 aliphatic carbocycles. The Balaban J connectivity index is 2.29. The van der Waals surface area contributed by atoms with Gasteiger partial charge in [0.1, 0.15) is 10.8 Å². The van der Waals surface area contributed by atoms with Crippen molar-refractivity contribution in [3.63, 3.8) is 0 Å². The fourth-order valence-electron chi connectivity index (χ4n) is 2.24. The summed E-state index contributed by atoms with van der Waals surface area (Å²) in [6.45, 7) is 5.38. The number of benzene rings is 2. The third-order valence-electron chi connectivity index (χ3n) is 3.49. The fourth-order valence-corrected chi connectivity index (χ4v) is 2.40. The lowest BCUT2D eigenvalue weighted by molar-refractivity contribution is 0.603. The van der Waals surface area contributed by atoms with E-state index < -0.39 is 0 Å². The van der Waals surface area contributed by atoms with E-state index in [2.05, 4.69) is 24.0 Å². The van der Waals surface area contributed by atoms with Crippen LogP contribution < -0.4 is 10.6 Å². The van der Waals surface area contributed by atoms with Gasteiger partial charge in [0.2, 0.25) is 0 Å². The first-order valence-corrected chi connectivity index (χ1v) is 7.32. The number of aryl methyl sites for hydroxylation is 1. The number of nitrogens with zero attached hydrogens (tertiary/aromatic N) is 1. The predicted molar refractivity (Wildman–Crippen MR) is 90.2 cm³/mol. The highest BCUT2D eigenvalue weighted by molar-refractivity contribution is 7.80. The van der Waals surface area contributed by atoms with E-state index >= 15 is 0 Å². The summed E-state index contributed by atoms with van der Waals surface area (Å²) < 4.78 is 14.4. The number of anilines is 1. The van der Waals surface area contributed by atoms with E-state index in [9.17, 15) is 4.39 Å². The largest absolute Gasteiger partial charge is 0.389 e. The summed E-state index contributed by atoms with van der Waals surface area (Å²) in [5.41, 5.74) is 8.74. The molecule has 2 aromatic carbocycles. The molecule has 0 atom stereocenters. The Morgan fingerprint density at radius 3 is 2.43 bits per heavy atom. The first kappa shape index (κ1) is 15.4. The molecule has 0 bridgehead atoms. The summed E-state index contributed by atoms with van der Waals surface area (Å²) in [4.78, 5) is 2.20. The van der Waals surface area contributed by atoms with E-state index in [0.29, 0.717) is 17.7 Å². The van der Waals surface area contributed by atoms with Crippen molar-refractivity contribution >= 4 is 22.9 Å². The van der Waals surface area contributed by atoms with Gasteiger partial charge in [-0.2, -0.15) is 0 Å². The van der Waals surface area contributed by atoms with Crippen LogP contribution in [-0.4, -0.2) is 11.5 Å². The molecule has 2 nitrogen and oxygen atoms in total. The zero-order chi connectivity index (χ0) is 15.4. The summed E-state index contributed by atoms with van der Waals surface area (Å²) >= 11 is 4.88. The Morgan fingerprint density at radius 1 is 1.19 bits per heavy atom. The highest BCUT2D eigenvalue weighted by Crippen LogP contribution is 2.20. The maximum absolute atomic E-state index is 14.4. The second kappa shape index (κ2) is 6.68. The molecular weight excluding hydrogens is 283 g/mol. The first-order chi connectivity index (χ1) is 10.0. The zero-order valence-electron chi connectivity index (χ0n) is 12.3. The number of halogens is 1. The van der Waals surface area contributed by atoms with Crippen LogP contribution in [0.25, 0.3) is 0 Å². The number of rotatable bonds is 5. The Hall–Kier alpha value is -1.94. The second-order valence-electron chi connectivity index (χ2n) is 4.99. The van der Waals surface area contributed by atoms with Crippen LogP contribution in [0.5, 0.6) is 0 Å². The maximum atomic E-state index is 14.4. The van der Waals surface area contributed by atoms with Gasteiger partial charge < -0.3 is 10.6 Å². The predicted octanol–water partition coefficient (Wildman–Crippen LogP) is 3.79. The average Bonchev–Trinajstić information content (AvgIpc) is 2.47. The van der Waals surface area contributed by atoms with Crippen molar-refractivity contribution in [3.05, 3.63) is 65.0 Å². The summed E-state index contributed by atoms with van der Waals surface area (Å²) in [6.07, 6.45) is 0. The molecule has 0 saturated heterocycles. The van der Waals surface area contributed by atoms with Gasteiger partial charge in [-0.25, -0.2) is 4.39 Å². The van der Waals surface area contributed by atoms with Crippen LogP contribution in [0.2, 0.25) is 0 Å². The van der Waals surface area contributed by atoms with Gasteiger partial charge in [-0.1, -0.05) is 42.0 Å². The minimum Gasteiger partial charge on any atom is -0.389 e. The van der Waals surface area contributed by atoms with Crippen molar-refractivity contribution in [1.29, 1.82) is 0 Å². The summed E-state index contributed by atoms with van der Waals surface area (Å²) in [5, 5.41) is 0. The van der Waals surface area contributed by atoms with Crippen molar-refractivity contribution in [2.45, 2.75) is 20.4 Å². The van der Waals surface area contributed by atoms with E-state index in [0.717, 1.165) is 12.2 Å². The fraction of sp³-hybridized carbons (Fsp3) is 0.235. The molecule has 0 spiro atoms. The molecule has 2 rings (SSSR count). The normalized spacial score (nSPS) is 10.4. The topological polar surface area (TPSA) is 29.3 Å². The van der Waals surface area contributed by atoms with E-state index in [1.807, 2.05) is 19.1 Å². The molecule has 2 N–H and O–H groups in total. The van der Waals surface area contributed by atoms with Gasteiger partial charge in [0.25, 0.3) is 0 Å². The molecule has 0 radical (unpaired) electrons. The number of thiocarbonyl (C=S) groups is 1. The first-order valence-electron chi connectivity index (χ1n) is 6.91. The van der Waals surface area contributed by atoms with Crippen LogP contribution >= 0.6 is 12.2 Å². The molecule has 2 aromatic rings. The lowest BCUT2D eigenvalue weighted by Gasteiger charge is -2.24. The molecule has 0 saturated carbocycles. The zero-order valence-corrected chi connectivity index (χ0v) is 13.1. The number of hydrogen-bond acceptors (Lipinski definition) is 2. The Kier molecular flexibility index (Phi) is 4.91. The molecule has 0 aromatic heterocycles. The van der Waals surface area contributed by atoms with Crippen LogP contribution in [-0.2, 0) is 6.54 Å². The van der Waals surface area contributed by atoms with E-state index in [4.69, 9.17) is 18.0 Å². The summed E-state index contributed by atoms with van der Waals surface area (Å²) in [5.74, 6) is -0.324. The second-order valence-corrected chi connectivity index (χ2v) is 5.43. The van der Waals surface area contributed by atoms with Crippen LogP contribution in [0.1, 0.15) is 23.6 Å². The van der Waals surface area contributed by atoms with Crippen LogP contribution in [0.15, 0.2) is 42.5 Å². The van der Waals surface area contributed by atoms with E-state index in [1.165, 1.54) is 5.56 Å². The van der Waals surface area contributed by atoms with Gasteiger partial charge in [-0.3, -0.25) is 0 Å². The molecule has 110 valence electrons. The molecule has 0 unspecified atom stereocenters. The molecule has 0 aliphatic heterocycles. The van der Waals surface area contributed by atoms with Crippen molar-refractivity contribution in [2.75, 3.05) is 11.4 Å². The van der Waals surface area contributed by atoms with Gasteiger partial charge in [-0.15, -0.1) is 0 Å². The van der Waals surface area contributed by atoms with E-state index in [1.54, 1.807) is 18.2 Å². The van der Waals surface area contributed by atoms with Gasteiger partial charge in [0, 0.05) is 29.9 Å². The van der Waals surface area contributed by atoms with Gasteiger partial charge in [0.05, 0.1) is 0 Å². The highest BCUT2D eigenvalue weighted by Gasteiger charge is 2.13. The SMILES string of the molecule is CCN(Cc1cccc(C(N)=S)c1F)c1ccc(C)cc1. The molecule has 4 heteroatoms. The van der Waals surface area contributed by atoms with Crippen molar-refractivity contribution < 1.29 is 4.39 Å². The van der Waals surface area contributed by atoms with Gasteiger partial charge in [0.15, 0.2) is 0 Å². The molecule has 0 heterocycles. The van der Waals surface area contributed by atoms with E-state index in [-0.39, 0.29) is 10.8 Å².